The Hall–Kier alpha value is -1.15. The molecule has 1 N–H and O–H groups in total. The first kappa shape index (κ1) is 15.2. The Morgan fingerprint density at radius 1 is 1.15 bits per heavy atom. The minimum absolute atomic E-state index is 0.220. The second-order valence-corrected chi connectivity index (χ2v) is 5.85. The minimum atomic E-state index is -0.220. The molecule has 0 bridgehead atoms. The van der Waals surface area contributed by atoms with Crippen LogP contribution in [0.2, 0.25) is 0 Å². The molecule has 6 nitrogen and oxygen atoms in total. The number of hydrogen-bond acceptors (Lipinski definition) is 3. The van der Waals surface area contributed by atoms with E-state index in [1.54, 1.807) is 10.9 Å². The number of nitrogens with one attached hydrogen (secondary N) is 1. The second kappa shape index (κ2) is 6.53. The Balaban J connectivity index is 2.04. The number of nitrogens with zero attached hydrogens (tertiary/aromatic N) is 4. The zero-order chi connectivity index (χ0) is 14.7. The van der Waals surface area contributed by atoms with Crippen LogP contribution in [0.5, 0.6) is 0 Å². The lowest BCUT2D eigenvalue weighted by Crippen LogP contribution is -2.24. The highest BCUT2D eigenvalue weighted by atomic mass is 79.9. The smallest absolute Gasteiger partial charge is 0.273 e. The van der Waals surface area contributed by atoms with Crippen LogP contribution < -0.4 is 5.32 Å². The molecule has 0 saturated carbocycles. The van der Waals surface area contributed by atoms with Gasteiger partial charge in [0.05, 0.1) is 21.2 Å². The Morgan fingerprint density at radius 2 is 1.75 bits per heavy atom. The first-order valence-corrected chi connectivity index (χ1v) is 7.86. The number of hydrogen-bond donors (Lipinski definition) is 1. The largest absolute Gasteiger partial charge is 0.345 e. The summed E-state index contributed by atoms with van der Waals surface area (Å²) in [6, 6.07) is 0. The topological polar surface area (TPSA) is 64.7 Å². The summed E-state index contributed by atoms with van der Waals surface area (Å²) >= 11 is 6.77. The zero-order valence-corrected chi connectivity index (χ0v) is 14.4. The molecule has 0 radical (unpaired) electrons. The van der Waals surface area contributed by atoms with Crippen molar-refractivity contribution >= 4 is 37.8 Å². The quantitative estimate of drug-likeness (QED) is 0.832. The molecule has 0 fully saturated rings. The average molecular weight is 405 g/mol. The van der Waals surface area contributed by atoms with E-state index in [-0.39, 0.29) is 5.91 Å². The number of rotatable bonds is 5. The van der Waals surface area contributed by atoms with Crippen LogP contribution in [0.15, 0.2) is 21.3 Å². The van der Waals surface area contributed by atoms with E-state index < -0.39 is 0 Å². The van der Waals surface area contributed by atoms with E-state index in [1.807, 2.05) is 24.7 Å². The van der Waals surface area contributed by atoms with Crippen molar-refractivity contribution in [2.75, 3.05) is 0 Å². The molecule has 1 amide bonds. The Kier molecular flexibility index (Phi) is 4.98. The summed E-state index contributed by atoms with van der Waals surface area (Å²) in [7, 11) is 0. The lowest BCUT2D eigenvalue weighted by atomic mass is 10.4. The summed E-state index contributed by atoms with van der Waals surface area (Å²) in [5, 5.41) is 11.4. The van der Waals surface area contributed by atoms with Crippen LogP contribution in [-0.2, 0) is 19.6 Å². The molecule has 108 valence electrons. The van der Waals surface area contributed by atoms with E-state index in [0.717, 1.165) is 23.3 Å². The standard InChI is InChI=1S/C12H15Br2N5O/c1-3-18-6-8(13)10(16-18)5-15-12(20)11-9(14)7-19(4-2)17-11/h6-7H,3-5H2,1-2H3,(H,15,20). The monoisotopic (exact) mass is 403 g/mol. The highest BCUT2D eigenvalue weighted by Gasteiger charge is 2.15. The predicted octanol–water partition coefficient (Wildman–Crippen LogP) is 2.57. The highest BCUT2D eigenvalue weighted by Crippen LogP contribution is 2.17. The molecule has 0 aromatic carbocycles. The van der Waals surface area contributed by atoms with E-state index in [4.69, 9.17) is 0 Å². The van der Waals surface area contributed by atoms with E-state index in [9.17, 15) is 4.79 Å². The van der Waals surface area contributed by atoms with Crippen LogP contribution in [0.3, 0.4) is 0 Å². The number of amides is 1. The first-order valence-electron chi connectivity index (χ1n) is 6.28. The molecule has 2 rings (SSSR count). The van der Waals surface area contributed by atoms with E-state index in [0.29, 0.717) is 16.7 Å². The van der Waals surface area contributed by atoms with Gasteiger partial charge in [-0.1, -0.05) is 0 Å². The molecule has 8 heteroatoms. The van der Waals surface area contributed by atoms with Crippen LogP contribution >= 0.6 is 31.9 Å². The highest BCUT2D eigenvalue weighted by molar-refractivity contribution is 9.10. The minimum Gasteiger partial charge on any atom is -0.345 e. The van der Waals surface area contributed by atoms with Gasteiger partial charge in [0, 0.05) is 25.5 Å². The van der Waals surface area contributed by atoms with Gasteiger partial charge >= 0.3 is 0 Å². The van der Waals surface area contributed by atoms with Gasteiger partial charge in [-0.3, -0.25) is 14.2 Å². The summed E-state index contributed by atoms with van der Waals surface area (Å²) in [5.41, 5.74) is 1.18. The fourth-order valence-electron chi connectivity index (χ4n) is 1.68. The van der Waals surface area contributed by atoms with Crippen molar-refractivity contribution in [2.24, 2.45) is 0 Å². The van der Waals surface area contributed by atoms with Gasteiger partial charge in [0.15, 0.2) is 5.69 Å². The van der Waals surface area contributed by atoms with Crippen LogP contribution in [0, 0.1) is 0 Å². The first-order chi connectivity index (χ1) is 9.55. The maximum absolute atomic E-state index is 12.1. The van der Waals surface area contributed by atoms with Crippen molar-refractivity contribution in [3.8, 4) is 0 Å². The van der Waals surface area contributed by atoms with Crippen molar-refractivity contribution in [2.45, 2.75) is 33.5 Å². The maximum atomic E-state index is 12.1. The number of carbonyl (C=O) groups is 1. The molecule has 0 aliphatic carbocycles. The lowest BCUT2D eigenvalue weighted by Gasteiger charge is -2.02. The number of aromatic nitrogens is 4. The Morgan fingerprint density at radius 3 is 2.30 bits per heavy atom. The molecule has 0 aliphatic rings. The van der Waals surface area contributed by atoms with Crippen LogP contribution in [0.1, 0.15) is 30.0 Å². The number of carbonyl (C=O) groups excluding carboxylic acids is 1. The van der Waals surface area contributed by atoms with Gasteiger partial charge in [0.1, 0.15) is 0 Å². The van der Waals surface area contributed by atoms with E-state index in [1.165, 1.54) is 0 Å². The third-order valence-corrected chi connectivity index (χ3v) is 4.03. The second-order valence-electron chi connectivity index (χ2n) is 4.14. The normalized spacial score (nSPS) is 10.8. The molecule has 0 spiro atoms. The maximum Gasteiger partial charge on any atom is 0.273 e. The third kappa shape index (κ3) is 3.29. The van der Waals surface area contributed by atoms with E-state index >= 15 is 0 Å². The van der Waals surface area contributed by atoms with Gasteiger partial charge in [-0.05, 0) is 45.7 Å². The zero-order valence-electron chi connectivity index (χ0n) is 11.2. The molecular formula is C12H15Br2N5O. The van der Waals surface area contributed by atoms with Crippen molar-refractivity contribution in [1.82, 2.24) is 24.9 Å². The van der Waals surface area contributed by atoms with Crippen LogP contribution in [0.4, 0.5) is 0 Å². The summed E-state index contributed by atoms with van der Waals surface area (Å²) < 4.78 is 5.10. The summed E-state index contributed by atoms with van der Waals surface area (Å²) in [6.45, 7) is 5.85. The predicted molar refractivity (Wildman–Crippen MR) is 82.4 cm³/mol. The van der Waals surface area contributed by atoms with Crippen LogP contribution in [-0.4, -0.2) is 25.5 Å². The Bertz CT molecular complexity index is 619. The number of halogens is 2. The molecule has 0 atom stereocenters. The van der Waals surface area contributed by atoms with Gasteiger partial charge in [-0.2, -0.15) is 10.2 Å². The summed E-state index contributed by atoms with van der Waals surface area (Å²) in [4.78, 5) is 12.1. The van der Waals surface area contributed by atoms with Crippen molar-refractivity contribution < 1.29 is 4.79 Å². The molecule has 2 aromatic rings. The average Bonchev–Trinajstić information content (AvgIpc) is 2.99. The van der Waals surface area contributed by atoms with E-state index in [2.05, 4.69) is 47.4 Å². The van der Waals surface area contributed by atoms with Crippen molar-refractivity contribution in [3.05, 3.63) is 32.7 Å². The summed E-state index contributed by atoms with van der Waals surface area (Å²) in [6.07, 6.45) is 3.68. The fourth-order valence-corrected chi connectivity index (χ4v) is 2.63. The molecule has 0 unspecified atom stereocenters. The fraction of sp³-hybridized carbons (Fsp3) is 0.417. The van der Waals surface area contributed by atoms with Gasteiger partial charge in [-0.15, -0.1) is 0 Å². The molecule has 0 saturated heterocycles. The molecule has 2 aromatic heterocycles. The van der Waals surface area contributed by atoms with Gasteiger partial charge in [-0.25, -0.2) is 0 Å². The lowest BCUT2D eigenvalue weighted by molar-refractivity contribution is 0.0943. The molecule has 0 aliphatic heterocycles. The number of aryl methyl sites for hydroxylation is 2. The van der Waals surface area contributed by atoms with Gasteiger partial charge < -0.3 is 5.32 Å². The van der Waals surface area contributed by atoms with Gasteiger partial charge in [0.25, 0.3) is 5.91 Å². The summed E-state index contributed by atoms with van der Waals surface area (Å²) in [5.74, 6) is -0.220. The SMILES string of the molecule is CCn1cc(Br)c(CNC(=O)c2nn(CC)cc2Br)n1. The van der Waals surface area contributed by atoms with Crippen LogP contribution in [0.25, 0.3) is 0 Å². The molecule has 20 heavy (non-hydrogen) atoms. The van der Waals surface area contributed by atoms with Crippen molar-refractivity contribution in [1.29, 1.82) is 0 Å². The molecule has 2 heterocycles. The third-order valence-electron chi connectivity index (χ3n) is 2.78. The molecular weight excluding hydrogens is 390 g/mol. The van der Waals surface area contributed by atoms with Crippen molar-refractivity contribution in [3.63, 3.8) is 0 Å². The Labute approximate surface area is 133 Å². The van der Waals surface area contributed by atoms with Gasteiger partial charge in [0.2, 0.25) is 0 Å².